The van der Waals surface area contributed by atoms with Gasteiger partial charge >= 0.3 is 0 Å². The summed E-state index contributed by atoms with van der Waals surface area (Å²) in [6.45, 7) is 0.299. The molecule has 1 aromatic rings. The fourth-order valence-electron chi connectivity index (χ4n) is 2.69. The van der Waals surface area contributed by atoms with Crippen LogP contribution in [0.15, 0.2) is 23.1 Å². The Morgan fingerprint density at radius 2 is 2.16 bits per heavy atom. The van der Waals surface area contributed by atoms with Crippen molar-refractivity contribution in [3.63, 3.8) is 0 Å². The highest BCUT2D eigenvalue weighted by Gasteiger charge is 2.39. The molecule has 1 aromatic carbocycles. The molecule has 0 saturated heterocycles. The minimum Gasteiger partial charge on any atom is -0.388 e. The molecule has 1 aliphatic rings. The van der Waals surface area contributed by atoms with Crippen LogP contribution in [0.2, 0.25) is 0 Å². The van der Waals surface area contributed by atoms with Gasteiger partial charge in [-0.1, -0.05) is 6.42 Å². The molecule has 5 heteroatoms. The average molecular weight is 287 g/mol. The third-order valence-electron chi connectivity index (χ3n) is 3.90. The Labute approximate surface area is 116 Å². The predicted octanol–water partition coefficient (Wildman–Crippen LogP) is 2.94. The summed E-state index contributed by atoms with van der Waals surface area (Å²) >= 11 is 1.48. The van der Waals surface area contributed by atoms with Gasteiger partial charge in [0.1, 0.15) is 0 Å². The first kappa shape index (κ1) is 14.8. The number of hydrogen-bond donors (Lipinski definition) is 2. The number of thioether (sulfide) groups is 1. The molecule has 2 rings (SSSR count). The highest BCUT2D eigenvalue weighted by Crippen LogP contribution is 2.38. The molecule has 0 spiro atoms. The Kier molecular flexibility index (Phi) is 4.81. The standard InChI is InChI=1S/C14H19F2NOS/c15-12-4-3-11(8-13(12)16)19-7-5-10-2-1-6-14(10,18)9-17/h3-4,8,10,18H,1-2,5-7,9,17H2. The average Bonchev–Trinajstić information content (AvgIpc) is 2.76. The molecule has 0 radical (unpaired) electrons. The van der Waals surface area contributed by atoms with Gasteiger partial charge in [0.05, 0.1) is 5.60 Å². The van der Waals surface area contributed by atoms with Crippen molar-refractivity contribution in [3.8, 4) is 0 Å². The van der Waals surface area contributed by atoms with Gasteiger partial charge in [-0.2, -0.15) is 0 Å². The van der Waals surface area contributed by atoms with E-state index in [1.807, 2.05) is 0 Å². The molecule has 2 unspecified atom stereocenters. The third-order valence-corrected chi connectivity index (χ3v) is 4.93. The second-order valence-corrected chi connectivity index (χ2v) is 6.28. The fourth-order valence-corrected chi connectivity index (χ4v) is 3.68. The van der Waals surface area contributed by atoms with Gasteiger partial charge in [-0.25, -0.2) is 8.78 Å². The lowest BCUT2D eigenvalue weighted by Crippen LogP contribution is -2.41. The summed E-state index contributed by atoms with van der Waals surface area (Å²) in [5.41, 5.74) is 4.90. The van der Waals surface area contributed by atoms with Gasteiger partial charge in [-0.3, -0.25) is 0 Å². The molecule has 0 bridgehead atoms. The van der Waals surface area contributed by atoms with Crippen molar-refractivity contribution in [1.82, 2.24) is 0 Å². The van der Waals surface area contributed by atoms with Crippen LogP contribution in [0, 0.1) is 17.6 Å². The first-order valence-electron chi connectivity index (χ1n) is 6.55. The van der Waals surface area contributed by atoms with Gasteiger partial charge in [-0.05, 0) is 49.1 Å². The lowest BCUT2D eigenvalue weighted by molar-refractivity contribution is 0.0104. The van der Waals surface area contributed by atoms with Crippen LogP contribution in [0.25, 0.3) is 0 Å². The molecule has 2 nitrogen and oxygen atoms in total. The van der Waals surface area contributed by atoms with E-state index in [2.05, 4.69) is 0 Å². The zero-order chi connectivity index (χ0) is 13.9. The molecule has 19 heavy (non-hydrogen) atoms. The zero-order valence-corrected chi connectivity index (χ0v) is 11.6. The molecule has 1 saturated carbocycles. The van der Waals surface area contributed by atoms with Crippen molar-refractivity contribution >= 4 is 11.8 Å². The lowest BCUT2D eigenvalue weighted by atomic mass is 9.89. The topological polar surface area (TPSA) is 46.2 Å². The first-order valence-corrected chi connectivity index (χ1v) is 7.54. The second kappa shape index (κ2) is 6.20. The SMILES string of the molecule is NCC1(O)CCCC1CCSc1ccc(F)c(F)c1. The largest absolute Gasteiger partial charge is 0.388 e. The van der Waals surface area contributed by atoms with Gasteiger partial charge < -0.3 is 10.8 Å². The van der Waals surface area contributed by atoms with Gasteiger partial charge in [0.2, 0.25) is 0 Å². The molecule has 0 heterocycles. The summed E-state index contributed by atoms with van der Waals surface area (Å²) in [4.78, 5) is 0.716. The van der Waals surface area contributed by atoms with Crippen LogP contribution < -0.4 is 5.73 Å². The van der Waals surface area contributed by atoms with E-state index >= 15 is 0 Å². The van der Waals surface area contributed by atoms with Crippen molar-refractivity contribution in [2.75, 3.05) is 12.3 Å². The van der Waals surface area contributed by atoms with Crippen molar-refractivity contribution in [2.45, 2.75) is 36.2 Å². The van der Waals surface area contributed by atoms with E-state index in [1.165, 1.54) is 17.8 Å². The number of nitrogens with two attached hydrogens (primary N) is 1. The van der Waals surface area contributed by atoms with Gasteiger partial charge in [0.15, 0.2) is 11.6 Å². The Morgan fingerprint density at radius 3 is 2.84 bits per heavy atom. The Morgan fingerprint density at radius 1 is 1.37 bits per heavy atom. The van der Waals surface area contributed by atoms with Crippen molar-refractivity contribution in [3.05, 3.63) is 29.8 Å². The minimum atomic E-state index is -0.822. The summed E-state index contributed by atoms with van der Waals surface area (Å²) in [5, 5.41) is 10.3. The first-order chi connectivity index (χ1) is 9.05. The van der Waals surface area contributed by atoms with Crippen molar-refractivity contribution in [2.24, 2.45) is 11.7 Å². The van der Waals surface area contributed by atoms with E-state index in [-0.39, 0.29) is 5.92 Å². The van der Waals surface area contributed by atoms with Crippen molar-refractivity contribution < 1.29 is 13.9 Å². The summed E-state index contributed by atoms with van der Waals surface area (Å²) in [7, 11) is 0. The zero-order valence-electron chi connectivity index (χ0n) is 10.7. The van der Waals surface area contributed by atoms with E-state index in [0.717, 1.165) is 37.5 Å². The summed E-state index contributed by atoms with van der Waals surface area (Å²) < 4.78 is 25.8. The van der Waals surface area contributed by atoms with Crippen LogP contribution in [-0.2, 0) is 0 Å². The van der Waals surface area contributed by atoms with E-state index in [9.17, 15) is 13.9 Å². The molecular formula is C14H19F2NOS. The minimum absolute atomic E-state index is 0.218. The number of hydrogen-bond acceptors (Lipinski definition) is 3. The maximum Gasteiger partial charge on any atom is 0.159 e. The molecule has 3 N–H and O–H groups in total. The maximum absolute atomic E-state index is 13.0. The molecule has 0 amide bonds. The highest BCUT2D eigenvalue weighted by molar-refractivity contribution is 7.99. The molecule has 1 fully saturated rings. The van der Waals surface area contributed by atoms with Crippen LogP contribution in [-0.4, -0.2) is 23.0 Å². The Hall–Kier alpha value is -0.650. The number of halogens is 2. The van der Waals surface area contributed by atoms with Crippen LogP contribution in [0.1, 0.15) is 25.7 Å². The molecule has 106 valence electrons. The van der Waals surface area contributed by atoms with Crippen LogP contribution in [0.3, 0.4) is 0 Å². The molecule has 1 aliphatic carbocycles. The Bertz CT molecular complexity index is 443. The quantitative estimate of drug-likeness (QED) is 0.819. The van der Waals surface area contributed by atoms with Crippen molar-refractivity contribution in [1.29, 1.82) is 0 Å². The predicted molar refractivity (Wildman–Crippen MR) is 73.0 cm³/mol. The molecule has 0 aromatic heterocycles. The summed E-state index contributed by atoms with van der Waals surface area (Å²) in [5.74, 6) is -0.643. The van der Waals surface area contributed by atoms with Gasteiger partial charge in [0.25, 0.3) is 0 Å². The monoisotopic (exact) mass is 287 g/mol. The number of rotatable bonds is 5. The van der Waals surface area contributed by atoms with E-state index in [4.69, 9.17) is 5.73 Å². The smallest absolute Gasteiger partial charge is 0.159 e. The Balaban J connectivity index is 1.85. The third kappa shape index (κ3) is 3.46. The maximum atomic E-state index is 13.0. The lowest BCUT2D eigenvalue weighted by Gasteiger charge is -2.28. The molecule has 0 aliphatic heterocycles. The molecule has 2 atom stereocenters. The number of aliphatic hydroxyl groups is 1. The van der Waals surface area contributed by atoms with Crippen LogP contribution in [0.5, 0.6) is 0 Å². The second-order valence-electron chi connectivity index (χ2n) is 5.11. The summed E-state index contributed by atoms with van der Waals surface area (Å²) in [6, 6.07) is 3.93. The highest BCUT2D eigenvalue weighted by atomic mass is 32.2. The number of benzene rings is 1. The van der Waals surface area contributed by atoms with E-state index in [0.29, 0.717) is 11.4 Å². The van der Waals surface area contributed by atoms with E-state index in [1.54, 1.807) is 6.07 Å². The molecular weight excluding hydrogens is 268 g/mol. The van der Waals surface area contributed by atoms with Gasteiger partial charge in [0, 0.05) is 11.4 Å². The summed E-state index contributed by atoms with van der Waals surface area (Å²) in [6.07, 6.45) is 3.61. The fraction of sp³-hybridized carbons (Fsp3) is 0.571. The van der Waals surface area contributed by atoms with Crippen LogP contribution >= 0.6 is 11.8 Å². The van der Waals surface area contributed by atoms with Gasteiger partial charge in [-0.15, -0.1) is 11.8 Å². The normalized spacial score (nSPS) is 26.8. The van der Waals surface area contributed by atoms with Crippen LogP contribution in [0.4, 0.5) is 8.78 Å². The van der Waals surface area contributed by atoms with E-state index < -0.39 is 17.2 Å².